The number of hydrogen-bond acceptors (Lipinski definition) is 11. The van der Waals surface area contributed by atoms with Crippen molar-refractivity contribution >= 4 is 57.0 Å². The third kappa shape index (κ3) is 8.79. The van der Waals surface area contributed by atoms with Crippen molar-refractivity contribution in [1.82, 2.24) is 35.5 Å². The Morgan fingerprint density at radius 1 is 0.947 bits per heavy atom. The summed E-state index contributed by atoms with van der Waals surface area (Å²) in [4.78, 5) is 59.2. The molecule has 1 unspecified atom stereocenters. The summed E-state index contributed by atoms with van der Waals surface area (Å²) in [6.45, 7) is 6.76. The fourth-order valence-corrected chi connectivity index (χ4v) is 9.48. The van der Waals surface area contributed by atoms with E-state index >= 15 is 0 Å². The highest BCUT2D eigenvalue weighted by atomic mass is 79.9. The van der Waals surface area contributed by atoms with Crippen molar-refractivity contribution in [3.05, 3.63) is 79.9 Å². The lowest BCUT2D eigenvalue weighted by Crippen LogP contribution is -2.53. The molecule has 298 valence electrons. The molecule has 2 aromatic carbocycles. The molecule has 5 aliphatic rings. The summed E-state index contributed by atoms with van der Waals surface area (Å²) in [5.74, 6) is 0.370. The Morgan fingerprint density at radius 2 is 1.72 bits per heavy atom. The summed E-state index contributed by atoms with van der Waals surface area (Å²) in [6, 6.07) is 14.7. The van der Waals surface area contributed by atoms with E-state index in [0.29, 0.717) is 46.6 Å². The molecule has 3 aromatic rings. The Hall–Kier alpha value is -4.62. The van der Waals surface area contributed by atoms with Crippen molar-refractivity contribution in [3.63, 3.8) is 0 Å². The number of rotatable bonds is 9. The van der Waals surface area contributed by atoms with Crippen LogP contribution < -0.4 is 20.3 Å². The highest BCUT2D eigenvalue weighted by Crippen LogP contribution is 2.33. The van der Waals surface area contributed by atoms with Crippen LogP contribution in [0.5, 0.6) is 5.75 Å². The van der Waals surface area contributed by atoms with Crippen LogP contribution in [0.4, 0.5) is 5.82 Å². The number of anilines is 1. The van der Waals surface area contributed by atoms with E-state index < -0.39 is 11.9 Å². The molecule has 57 heavy (non-hydrogen) atoms. The number of hydrogen-bond donors (Lipinski definition) is 2. The molecule has 4 fully saturated rings. The molecule has 1 aromatic heterocycles. The summed E-state index contributed by atoms with van der Waals surface area (Å²) < 4.78 is 6.98. The second kappa shape index (κ2) is 17.1. The predicted octanol–water partition coefficient (Wildman–Crippen LogP) is 4.43. The van der Waals surface area contributed by atoms with Crippen molar-refractivity contribution < 1.29 is 23.9 Å². The Bertz CT molecular complexity index is 2070. The minimum atomic E-state index is -0.620. The normalized spacial score (nSPS) is 23.5. The maximum atomic E-state index is 13.2. The quantitative estimate of drug-likeness (QED) is 0.293. The fraction of sp³-hybridized carbons (Fsp3) is 0.488. The molecule has 1 atom stereocenters. The second-order valence-corrected chi connectivity index (χ2v) is 16.9. The van der Waals surface area contributed by atoms with E-state index in [2.05, 4.69) is 63.6 Å². The highest BCUT2D eigenvalue weighted by molar-refractivity contribution is 9.10. The van der Waals surface area contributed by atoms with Gasteiger partial charge in [0.05, 0.1) is 16.7 Å². The van der Waals surface area contributed by atoms with Gasteiger partial charge in [-0.15, -0.1) is 10.2 Å². The largest absolute Gasteiger partial charge is 0.490 e. The zero-order chi connectivity index (χ0) is 39.6. The number of ether oxygens (including phenoxy) is 1. The van der Waals surface area contributed by atoms with Crippen LogP contribution in [0.25, 0.3) is 0 Å². The van der Waals surface area contributed by atoms with Crippen LogP contribution in [0.1, 0.15) is 88.9 Å². The number of piperidine rings is 2. The van der Waals surface area contributed by atoms with E-state index in [1.54, 1.807) is 29.2 Å². The fourth-order valence-electron chi connectivity index (χ4n) is 8.80. The van der Waals surface area contributed by atoms with Gasteiger partial charge in [0.25, 0.3) is 11.8 Å². The minimum Gasteiger partial charge on any atom is -0.490 e. The molecule has 4 aliphatic heterocycles. The Balaban J connectivity index is 0.756. The van der Waals surface area contributed by atoms with Gasteiger partial charge in [0, 0.05) is 87.0 Å². The molecule has 5 heterocycles. The van der Waals surface area contributed by atoms with E-state index in [9.17, 15) is 19.2 Å². The van der Waals surface area contributed by atoms with Crippen LogP contribution in [0.3, 0.4) is 0 Å². The predicted molar refractivity (Wildman–Crippen MR) is 215 cm³/mol. The average Bonchev–Trinajstić information content (AvgIpc) is 3.53. The monoisotopic (exact) mass is 857 g/mol. The number of fused-ring (bicyclic) bond motifs is 1. The first-order chi connectivity index (χ1) is 27.6. The Kier molecular flexibility index (Phi) is 11.8. The minimum absolute atomic E-state index is 0.0257. The van der Waals surface area contributed by atoms with E-state index in [1.807, 2.05) is 12.1 Å². The van der Waals surface area contributed by atoms with Crippen molar-refractivity contribution in [2.24, 2.45) is 0 Å². The van der Waals surface area contributed by atoms with Crippen LogP contribution in [-0.2, 0) is 22.7 Å². The van der Waals surface area contributed by atoms with Gasteiger partial charge in [0.2, 0.25) is 11.8 Å². The number of amides is 4. The lowest BCUT2D eigenvalue weighted by Gasteiger charge is -2.43. The summed E-state index contributed by atoms with van der Waals surface area (Å²) >= 11 is 9.86. The van der Waals surface area contributed by atoms with Gasteiger partial charge in [-0.3, -0.25) is 34.3 Å². The molecule has 8 rings (SSSR count). The SMILES string of the molecule is N#Cc1ccc(O[C@H]2CC[C@H](NC(=O)c3ccc(N4CCC(N5CCN(Cc6cc7c(cc6Br)C(=O)N(C6CCC(=O)NC6=O)C7)CC5)CC4)nn3)CC2)cc1Cl. The number of nitriles is 1. The number of aromatic nitrogens is 2. The summed E-state index contributed by atoms with van der Waals surface area (Å²) in [5, 5.41) is 23.7. The molecule has 3 saturated heterocycles. The smallest absolute Gasteiger partial charge is 0.272 e. The lowest BCUT2D eigenvalue weighted by molar-refractivity contribution is -0.136. The molecular weight excluding hydrogens is 814 g/mol. The molecule has 0 radical (unpaired) electrons. The Morgan fingerprint density at radius 3 is 2.40 bits per heavy atom. The van der Waals surface area contributed by atoms with Crippen LogP contribution in [0.2, 0.25) is 5.02 Å². The molecule has 1 aliphatic carbocycles. The van der Waals surface area contributed by atoms with Crippen molar-refractivity contribution in [2.75, 3.05) is 44.2 Å². The van der Waals surface area contributed by atoms with Crippen molar-refractivity contribution in [1.29, 1.82) is 5.26 Å². The topological polar surface area (TPSA) is 164 Å². The number of halogens is 2. The maximum absolute atomic E-state index is 13.2. The zero-order valence-electron chi connectivity index (χ0n) is 31.6. The van der Waals surface area contributed by atoms with Crippen LogP contribution in [0, 0.1) is 11.3 Å². The highest BCUT2D eigenvalue weighted by Gasteiger charge is 2.39. The molecule has 4 amide bonds. The third-order valence-corrected chi connectivity index (χ3v) is 13.1. The first-order valence-corrected chi connectivity index (χ1v) is 21.0. The average molecular weight is 859 g/mol. The third-order valence-electron chi connectivity index (χ3n) is 12.1. The van der Waals surface area contributed by atoms with Gasteiger partial charge in [-0.05, 0) is 86.4 Å². The molecule has 0 spiro atoms. The van der Waals surface area contributed by atoms with Crippen LogP contribution in [0.15, 0.2) is 46.9 Å². The molecular formula is C41H45BrClN9O5. The lowest BCUT2D eigenvalue weighted by atomic mass is 9.93. The van der Waals surface area contributed by atoms with E-state index in [0.717, 1.165) is 106 Å². The first-order valence-electron chi connectivity index (χ1n) is 19.8. The van der Waals surface area contributed by atoms with Gasteiger partial charge in [0.15, 0.2) is 11.5 Å². The maximum Gasteiger partial charge on any atom is 0.272 e. The van der Waals surface area contributed by atoms with Crippen LogP contribution in [-0.4, -0.2) is 112 Å². The second-order valence-electron chi connectivity index (χ2n) is 15.6. The van der Waals surface area contributed by atoms with Crippen molar-refractivity contribution in [2.45, 2.75) is 88.7 Å². The molecule has 0 bridgehead atoms. The number of benzene rings is 2. The number of imide groups is 1. The van der Waals surface area contributed by atoms with E-state index in [-0.39, 0.29) is 36.3 Å². The van der Waals surface area contributed by atoms with Crippen LogP contribution >= 0.6 is 27.5 Å². The summed E-state index contributed by atoms with van der Waals surface area (Å²) in [7, 11) is 0. The number of nitrogens with zero attached hydrogens (tertiary/aromatic N) is 7. The standard InChI is InChI=1S/C41H45BrClN9O5/c42-33-21-32-26(24-52(41(32)56)36-8-10-38(53)46-40(36)55)19-27(33)23-49-15-17-50(18-16-49)29-11-13-51(14-12-29)37-9-7-35(47-48-37)39(54)45-28-2-5-30(6-3-28)57-31-4-1-25(22-44)34(43)20-31/h1,4,7,9,19-21,28-30,36H,2-3,5-6,8,10-18,23-24H2,(H,45,54)(H,46,53,55)/t28-,30-,36?. The molecule has 16 heteroatoms. The Labute approximate surface area is 345 Å². The number of carbonyl (C=O) groups is 4. The van der Waals surface area contributed by atoms with Gasteiger partial charge in [0.1, 0.15) is 17.9 Å². The van der Waals surface area contributed by atoms with Gasteiger partial charge >= 0.3 is 0 Å². The summed E-state index contributed by atoms with van der Waals surface area (Å²) in [6.07, 6.45) is 5.86. The zero-order valence-corrected chi connectivity index (χ0v) is 33.9. The molecule has 14 nitrogen and oxygen atoms in total. The van der Waals surface area contributed by atoms with Gasteiger partial charge < -0.3 is 19.9 Å². The molecule has 2 N–H and O–H groups in total. The summed E-state index contributed by atoms with van der Waals surface area (Å²) in [5.41, 5.74) is 3.39. The van der Waals surface area contributed by atoms with E-state index in [4.69, 9.17) is 21.6 Å². The van der Waals surface area contributed by atoms with Crippen molar-refractivity contribution in [3.8, 4) is 11.8 Å². The van der Waals surface area contributed by atoms with Gasteiger partial charge in [-0.1, -0.05) is 33.6 Å². The first kappa shape index (κ1) is 39.2. The number of piperazine rings is 1. The number of nitrogens with one attached hydrogen (secondary N) is 2. The van der Waals surface area contributed by atoms with Gasteiger partial charge in [-0.2, -0.15) is 5.26 Å². The number of carbonyl (C=O) groups excluding carboxylic acids is 4. The van der Waals surface area contributed by atoms with E-state index in [1.165, 1.54) is 0 Å². The molecule has 1 saturated carbocycles. The van der Waals surface area contributed by atoms with Gasteiger partial charge in [-0.25, -0.2) is 0 Å².